The zero-order chi connectivity index (χ0) is 43.2. The van der Waals surface area contributed by atoms with Crippen LogP contribution in [0, 0.1) is 0 Å². The van der Waals surface area contributed by atoms with E-state index in [1.807, 2.05) is 60.8 Å². The van der Waals surface area contributed by atoms with E-state index < -0.39 is 65.8 Å². The highest BCUT2D eigenvalue weighted by Gasteiger charge is 2.32. The molecule has 17 heteroatoms. The predicted molar refractivity (Wildman–Crippen MR) is 227 cm³/mol. The number of carbonyl (C=O) groups excluding carboxylic acids is 6. The highest BCUT2D eigenvalue weighted by molar-refractivity contribution is 5.95. The van der Waals surface area contributed by atoms with Crippen LogP contribution in [0.25, 0.3) is 21.8 Å². The first kappa shape index (κ1) is 44.4. The second-order valence-corrected chi connectivity index (χ2v) is 14.7. The van der Waals surface area contributed by atoms with Crippen molar-refractivity contribution in [1.29, 1.82) is 0 Å². The van der Waals surface area contributed by atoms with E-state index in [0.717, 1.165) is 37.9 Å². The average molecular weight is 823 g/mol. The number of nitrogens with one attached hydrogen (secondary N) is 7. The SMILES string of the molecule is C[C@H](O)C(=O)N[C@H](CCc1c[nH]c2ccccc12)C(=O)NN(C)C(=O)N[C@@H](Cc1c[nH]c2ccccc12)C(=O)N[C@H](Cc1ccccc1)C(=O)N[C@@H](CCCCN)C(N)=O. The van der Waals surface area contributed by atoms with Gasteiger partial charge in [-0.25, -0.2) is 9.80 Å². The van der Waals surface area contributed by atoms with Crippen LogP contribution in [0.5, 0.6) is 0 Å². The molecule has 17 nitrogen and oxygen atoms in total. The Balaban J connectivity index is 1.35. The molecule has 0 saturated heterocycles. The van der Waals surface area contributed by atoms with E-state index >= 15 is 0 Å². The molecule has 0 spiro atoms. The van der Waals surface area contributed by atoms with Crippen LogP contribution >= 0.6 is 0 Å². The van der Waals surface area contributed by atoms with E-state index in [4.69, 9.17) is 11.5 Å². The summed E-state index contributed by atoms with van der Waals surface area (Å²) in [5.41, 5.74) is 17.8. The molecule has 0 aliphatic heterocycles. The molecule has 0 fully saturated rings. The molecule has 60 heavy (non-hydrogen) atoms. The minimum Gasteiger partial charge on any atom is -0.384 e. The number of para-hydroxylation sites is 2. The van der Waals surface area contributed by atoms with Crippen LogP contribution in [0.15, 0.2) is 91.3 Å². The number of fused-ring (bicyclic) bond motifs is 2. The summed E-state index contributed by atoms with van der Waals surface area (Å²) in [6, 6.07) is 18.5. The van der Waals surface area contributed by atoms with Crippen LogP contribution in [-0.4, -0.2) is 99.5 Å². The van der Waals surface area contributed by atoms with Gasteiger partial charge >= 0.3 is 6.03 Å². The lowest BCUT2D eigenvalue weighted by Gasteiger charge is -2.27. The number of nitrogens with two attached hydrogens (primary N) is 2. The number of aromatic nitrogens is 2. The predicted octanol–water partition coefficient (Wildman–Crippen LogP) is 1.56. The van der Waals surface area contributed by atoms with Gasteiger partial charge in [-0.3, -0.25) is 29.4 Å². The first-order valence-electron chi connectivity index (χ1n) is 19.9. The van der Waals surface area contributed by atoms with Gasteiger partial charge in [-0.05, 0) is 74.4 Å². The maximum Gasteiger partial charge on any atom is 0.336 e. The third kappa shape index (κ3) is 12.2. The van der Waals surface area contributed by atoms with Gasteiger partial charge in [-0.1, -0.05) is 66.7 Å². The van der Waals surface area contributed by atoms with Crippen molar-refractivity contribution in [3.05, 3.63) is 108 Å². The fraction of sp³-hybridized carbons (Fsp3) is 0.349. The summed E-state index contributed by atoms with van der Waals surface area (Å²) >= 11 is 0. The Bertz CT molecular complexity index is 2260. The molecular weight excluding hydrogens is 769 g/mol. The lowest BCUT2D eigenvalue weighted by atomic mass is 10.0. The van der Waals surface area contributed by atoms with Crippen molar-refractivity contribution in [3.8, 4) is 0 Å². The lowest BCUT2D eigenvalue weighted by molar-refractivity contribution is -0.134. The average Bonchev–Trinajstić information content (AvgIpc) is 3.85. The van der Waals surface area contributed by atoms with Crippen LogP contribution in [0.3, 0.4) is 0 Å². The minimum absolute atomic E-state index is 0.0241. The molecule has 5 atom stereocenters. The molecule has 2 aromatic heterocycles. The number of aliphatic hydroxyl groups excluding tert-OH is 1. The van der Waals surface area contributed by atoms with Crippen molar-refractivity contribution < 1.29 is 33.9 Å². The van der Waals surface area contributed by atoms with Gasteiger partial charge in [0, 0.05) is 54.1 Å². The zero-order valence-electron chi connectivity index (χ0n) is 33.7. The molecule has 0 aliphatic rings. The Kier molecular flexibility index (Phi) is 15.8. The molecule has 12 N–H and O–H groups in total. The van der Waals surface area contributed by atoms with Crippen LogP contribution in [0.4, 0.5) is 4.79 Å². The molecule has 2 heterocycles. The van der Waals surface area contributed by atoms with Crippen LogP contribution in [-0.2, 0) is 43.2 Å². The van der Waals surface area contributed by atoms with Crippen molar-refractivity contribution in [2.24, 2.45) is 11.5 Å². The number of aryl methyl sites for hydroxylation is 1. The molecule has 0 unspecified atom stereocenters. The van der Waals surface area contributed by atoms with Crippen LogP contribution < -0.4 is 38.2 Å². The summed E-state index contributed by atoms with van der Waals surface area (Å²) in [7, 11) is 1.28. The standard InChI is InChI=1S/C43H54N10O7/c1-26(54)39(56)49-35(20-19-28-24-46-32-16-8-6-14-30(28)32)42(59)52-53(2)43(60)51-37(23-29-25-47-33-17-9-7-15-31(29)33)41(58)50-36(22-27-12-4-3-5-13-27)40(57)48-34(38(45)55)18-10-11-21-44/h3-9,12-17,24-26,34-37,46-47,54H,10-11,18-23,44H2,1-2H3,(H2,45,55)(H,48,57)(H,49,56)(H,50,58)(H,51,60)(H,52,59)/t26-,34-,35+,36+,37-/m0/s1. The minimum atomic E-state index is -1.40. The van der Waals surface area contributed by atoms with E-state index in [9.17, 15) is 33.9 Å². The summed E-state index contributed by atoms with van der Waals surface area (Å²) in [6.45, 7) is 1.68. The molecular formula is C43H54N10O7. The number of carbonyl (C=O) groups is 6. The zero-order valence-corrected chi connectivity index (χ0v) is 33.7. The number of hydrogen-bond donors (Lipinski definition) is 10. The number of aromatic amines is 2. The maximum atomic E-state index is 14.3. The van der Waals surface area contributed by atoms with Crippen molar-refractivity contribution in [1.82, 2.24) is 41.7 Å². The number of H-pyrrole nitrogens is 2. The molecule has 5 aromatic rings. The summed E-state index contributed by atoms with van der Waals surface area (Å²) in [6.07, 6.45) is 4.09. The molecule has 3 aromatic carbocycles. The molecule has 0 radical (unpaired) electrons. The largest absolute Gasteiger partial charge is 0.384 e. The number of unbranched alkanes of at least 4 members (excludes halogenated alkanes) is 1. The smallest absolute Gasteiger partial charge is 0.336 e. The second kappa shape index (κ2) is 21.3. The number of benzene rings is 3. The van der Waals surface area contributed by atoms with E-state index in [-0.39, 0.29) is 25.7 Å². The van der Waals surface area contributed by atoms with Gasteiger partial charge in [0.25, 0.3) is 5.91 Å². The van der Waals surface area contributed by atoms with Crippen molar-refractivity contribution >= 4 is 57.4 Å². The normalized spacial score (nSPS) is 13.7. The fourth-order valence-electron chi connectivity index (χ4n) is 6.85. The number of aliphatic hydroxyl groups is 1. The maximum absolute atomic E-state index is 14.3. The van der Waals surface area contributed by atoms with Crippen molar-refractivity contribution in [2.45, 2.75) is 82.1 Å². The summed E-state index contributed by atoms with van der Waals surface area (Å²) < 4.78 is 0. The summed E-state index contributed by atoms with van der Waals surface area (Å²) in [5.74, 6) is -3.62. The number of hydrogen-bond acceptors (Lipinski definition) is 8. The molecule has 0 aliphatic carbocycles. The number of rotatable bonds is 20. The van der Waals surface area contributed by atoms with Crippen LogP contribution in [0.2, 0.25) is 0 Å². The van der Waals surface area contributed by atoms with Gasteiger partial charge in [-0.15, -0.1) is 0 Å². The van der Waals surface area contributed by atoms with E-state index in [1.165, 1.54) is 14.0 Å². The number of nitrogens with zero attached hydrogens (tertiary/aromatic N) is 1. The Morgan fingerprint density at radius 3 is 1.82 bits per heavy atom. The molecule has 7 amide bonds. The molecule has 5 rings (SSSR count). The highest BCUT2D eigenvalue weighted by Crippen LogP contribution is 2.21. The van der Waals surface area contributed by atoms with Crippen LogP contribution in [0.1, 0.15) is 49.3 Å². The second-order valence-electron chi connectivity index (χ2n) is 14.7. The summed E-state index contributed by atoms with van der Waals surface area (Å²) in [4.78, 5) is 86.9. The lowest BCUT2D eigenvalue weighted by Crippen LogP contribution is -2.60. The monoisotopic (exact) mass is 822 g/mol. The third-order valence-corrected chi connectivity index (χ3v) is 10.2. The third-order valence-electron chi connectivity index (χ3n) is 10.2. The molecule has 0 bridgehead atoms. The fourth-order valence-corrected chi connectivity index (χ4v) is 6.85. The molecule has 318 valence electrons. The number of hydrazine groups is 1. The van der Waals surface area contributed by atoms with Gasteiger partial charge in [0.15, 0.2) is 0 Å². The van der Waals surface area contributed by atoms with Gasteiger partial charge in [0.1, 0.15) is 30.3 Å². The van der Waals surface area contributed by atoms with E-state index in [1.54, 1.807) is 30.5 Å². The van der Waals surface area contributed by atoms with Gasteiger partial charge in [0.05, 0.1) is 0 Å². The number of amides is 7. The van der Waals surface area contributed by atoms with Crippen molar-refractivity contribution in [2.75, 3.05) is 13.6 Å². The summed E-state index contributed by atoms with van der Waals surface area (Å²) in [5, 5.41) is 23.3. The Morgan fingerprint density at radius 2 is 1.20 bits per heavy atom. The van der Waals surface area contributed by atoms with Crippen molar-refractivity contribution in [3.63, 3.8) is 0 Å². The number of urea groups is 1. The Labute approximate surface area is 347 Å². The Hall–Kier alpha value is -6.72. The first-order valence-corrected chi connectivity index (χ1v) is 19.9. The number of primary amides is 1. The van der Waals surface area contributed by atoms with Gasteiger partial charge in [-0.2, -0.15) is 0 Å². The Morgan fingerprint density at radius 1 is 0.650 bits per heavy atom. The van der Waals surface area contributed by atoms with E-state index in [2.05, 4.69) is 36.7 Å². The first-order chi connectivity index (χ1) is 28.8. The topological polar surface area (TPSA) is 270 Å². The van der Waals surface area contributed by atoms with Gasteiger partial charge in [0.2, 0.25) is 23.6 Å². The van der Waals surface area contributed by atoms with Gasteiger partial charge < -0.3 is 47.8 Å². The highest BCUT2D eigenvalue weighted by atomic mass is 16.3. The van der Waals surface area contributed by atoms with E-state index in [0.29, 0.717) is 31.4 Å². The molecule has 0 saturated carbocycles. The quantitative estimate of drug-likeness (QED) is 0.0406.